The first kappa shape index (κ1) is 17.1. The number of para-hydroxylation sites is 1. The van der Waals surface area contributed by atoms with Gasteiger partial charge < -0.3 is 10.1 Å². The lowest BCUT2D eigenvalue weighted by Crippen LogP contribution is -2.19. The Balaban J connectivity index is 2.11. The molecular formula is C16H11F5N2O2. The maximum Gasteiger partial charge on any atom is 0.422 e. The van der Waals surface area contributed by atoms with Gasteiger partial charge in [-0.25, -0.2) is 13.8 Å². The van der Waals surface area contributed by atoms with Gasteiger partial charge in [0.2, 0.25) is 0 Å². The van der Waals surface area contributed by atoms with Gasteiger partial charge in [-0.1, -0.05) is 12.1 Å². The van der Waals surface area contributed by atoms with Crippen LogP contribution in [0.25, 0.3) is 11.3 Å². The Morgan fingerprint density at radius 1 is 1.20 bits per heavy atom. The average molecular weight is 358 g/mol. The van der Waals surface area contributed by atoms with Crippen LogP contribution in [0.1, 0.15) is 28.0 Å². The summed E-state index contributed by atoms with van der Waals surface area (Å²) < 4.78 is 68.2. The number of fused-ring (bicyclic) bond motifs is 1. The van der Waals surface area contributed by atoms with Crippen LogP contribution in [-0.4, -0.2) is 23.7 Å². The van der Waals surface area contributed by atoms with Crippen molar-refractivity contribution in [2.24, 2.45) is 0 Å². The molecule has 0 saturated carbocycles. The zero-order valence-corrected chi connectivity index (χ0v) is 12.5. The fraction of sp³-hybridized carbons (Fsp3) is 0.250. The summed E-state index contributed by atoms with van der Waals surface area (Å²) in [6.45, 7) is -1.48. The Bertz CT molecular complexity index is 821. The highest BCUT2D eigenvalue weighted by atomic mass is 19.4. The fourth-order valence-electron chi connectivity index (χ4n) is 2.52. The number of carbonyl (C=O) groups is 1. The number of halogens is 5. The van der Waals surface area contributed by atoms with E-state index in [0.717, 1.165) is 6.07 Å². The van der Waals surface area contributed by atoms with Gasteiger partial charge in [0.05, 0.1) is 5.69 Å². The van der Waals surface area contributed by atoms with Crippen LogP contribution in [0.2, 0.25) is 0 Å². The van der Waals surface area contributed by atoms with E-state index in [-0.39, 0.29) is 29.1 Å². The van der Waals surface area contributed by atoms with E-state index >= 15 is 0 Å². The molecule has 0 spiro atoms. The van der Waals surface area contributed by atoms with E-state index in [1.54, 1.807) is 0 Å². The second-order valence-electron chi connectivity index (χ2n) is 5.31. The predicted octanol–water partition coefficient (Wildman–Crippen LogP) is 3.87. The molecule has 0 unspecified atom stereocenters. The minimum atomic E-state index is -4.55. The number of carbonyl (C=O) groups excluding carboxylic acids is 1. The number of hydrogen-bond donors (Lipinski definition) is 1. The van der Waals surface area contributed by atoms with Crippen LogP contribution in [0.15, 0.2) is 30.3 Å². The van der Waals surface area contributed by atoms with Crippen molar-refractivity contribution in [3.8, 4) is 17.0 Å². The average Bonchev–Trinajstić information content (AvgIpc) is 2.93. The number of ether oxygens (including phenoxy) is 1. The van der Waals surface area contributed by atoms with Crippen molar-refractivity contribution in [3.05, 3.63) is 47.2 Å². The molecule has 1 aromatic heterocycles. The summed E-state index contributed by atoms with van der Waals surface area (Å²) in [5.41, 5.74) is -0.134. The molecule has 1 aliphatic heterocycles. The van der Waals surface area contributed by atoms with Crippen LogP contribution < -0.4 is 10.1 Å². The van der Waals surface area contributed by atoms with Crippen molar-refractivity contribution in [2.45, 2.75) is 19.1 Å². The second-order valence-corrected chi connectivity index (χ2v) is 5.31. The molecule has 0 saturated heterocycles. The predicted molar refractivity (Wildman–Crippen MR) is 77.4 cm³/mol. The standard InChI is InChI=1S/C16H11F5N2O2/c17-14(18)11-5-9-10(6-22-15(9)24)13(23-11)8-3-1-2-4-12(8)25-7-16(19,20)21/h1-5,14H,6-7H2,(H,22,24). The van der Waals surface area contributed by atoms with E-state index in [0.29, 0.717) is 5.56 Å². The Kier molecular flexibility index (Phi) is 4.32. The SMILES string of the molecule is O=C1NCc2c1cc(C(F)F)nc2-c1ccccc1OCC(F)(F)F. The minimum absolute atomic E-state index is 0.00363. The lowest BCUT2D eigenvalue weighted by Gasteiger charge is -2.15. The van der Waals surface area contributed by atoms with Gasteiger partial charge in [-0.15, -0.1) is 0 Å². The van der Waals surface area contributed by atoms with Gasteiger partial charge in [-0.3, -0.25) is 4.79 Å². The third-order valence-corrected chi connectivity index (χ3v) is 3.57. The topological polar surface area (TPSA) is 51.2 Å². The molecule has 0 fully saturated rings. The first-order chi connectivity index (χ1) is 11.8. The van der Waals surface area contributed by atoms with Crippen molar-refractivity contribution in [3.63, 3.8) is 0 Å². The third-order valence-electron chi connectivity index (χ3n) is 3.57. The van der Waals surface area contributed by atoms with Gasteiger partial charge in [0.15, 0.2) is 6.61 Å². The molecule has 0 radical (unpaired) electrons. The molecule has 1 N–H and O–H groups in total. The number of amides is 1. The number of hydrogen-bond acceptors (Lipinski definition) is 3. The number of benzene rings is 1. The number of alkyl halides is 5. The van der Waals surface area contributed by atoms with E-state index in [1.165, 1.54) is 24.3 Å². The molecule has 1 aromatic carbocycles. The van der Waals surface area contributed by atoms with Crippen LogP contribution in [0, 0.1) is 0 Å². The summed E-state index contributed by atoms with van der Waals surface area (Å²) in [5, 5.41) is 2.49. The monoisotopic (exact) mass is 358 g/mol. The lowest BCUT2D eigenvalue weighted by atomic mass is 10.0. The number of rotatable bonds is 4. The minimum Gasteiger partial charge on any atom is -0.483 e. The fourth-order valence-corrected chi connectivity index (χ4v) is 2.52. The maximum absolute atomic E-state index is 13.1. The van der Waals surface area contributed by atoms with Crippen LogP contribution in [-0.2, 0) is 6.54 Å². The van der Waals surface area contributed by atoms with E-state index in [4.69, 9.17) is 4.74 Å². The molecule has 132 valence electrons. The molecule has 0 atom stereocenters. The van der Waals surface area contributed by atoms with E-state index in [2.05, 4.69) is 10.3 Å². The van der Waals surface area contributed by atoms with Crippen molar-refractivity contribution in [1.29, 1.82) is 0 Å². The van der Waals surface area contributed by atoms with Crippen molar-refractivity contribution < 1.29 is 31.5 Å². The highest BCUT2D eigenvalue weighted by Crippen LogP contribution is 2.36. The highest BCUT2D eigenvalue weighted by molar-refractivity contribution is 6.00. The molecule has 9 heteroatoms. The van der Waals surface area contributed by atoms with Gasteiger partial charge in [0, 0.05) is 23.2 Å². The van der Waals surface area contributed by atoms with Crippen molar-refractivity contribution in [1.82, 2.24) is 10.3 Å². The maximum atomic E-state index is 13.1. The quantitative estimate of drug-likeness (QED) is 0.845. The van der Waals surface area contributed by atoms with Crippen molar-refractivity contribution >= 4 is 5.91 Å². The lowest BCUT2D eigenvalue weighted by molar-refractivity contribution is -0.153. The van der Waals surface area contributed by atoms with Crippen LogP contribution in [0.4, 0.5) is 22.0 Å². The van der Waals surface area contributed by atoms with Crippen LogP contribution in [0.3, 0.4) is 0 Å². The summed E-state index contributed by atoms with van der Waals surface area (Å²) >= 11 is 0. The molecule has 3 rings (SSSR count). The number of aromatic nitrogens is 1. The van der Waals surface area contributed by atoms with E-state index in [9.17, 15) is 26.7 Å². The number of nitrogens with zero attached hydrogens (tertiary/aromatic N) is 1. The number of nitrogens with one attached hydrogen (secondary N) is 1. The summed E-state index contributed by atoms with van der Waals surface area (Å²) in [6, 6.07) is 6.66. The van der Waals surface area contributed by atoms with Crippen LogP contribution in [0.5, 0.6) is 5.75 Å². The Morgan fingerprint density at radius 2 is 1.92 bits per heavy atom. The molecule has 1 amide bonds. The molecule has 2 aromatic rings. The number of pyridine rings is 1. The van der Waals surface area contributed by atoms with E-state index < -0.39 is 30.8 Å². The van der Waals surface area contributed by atoms with Crippen LogP contribution >= 0.6 is 0 Å². The molecule has 1 aliphatic rings. The first-order valence-electron chi connectivity index (χ1n) is 7.15. The van der Waals surface area contributed by atoms with Gasteiger partial charge >= 0.3 is 6.18 Å². The third kappa shape index (κ3) is 3.54. The summed E-state index contributed by atoms with van der Waals surface area (Å²) in [5.74, 6) is -0.686. The summed E-state index contributed by atoms with van der Waals surface area (Å²) in [6.07, 6.45) is -7.48. The molecule has 25 heavy (non-hydrogen) atoms. The van der Waals surface area contributed by atoms with E-state index in [1.807, 2.05) is 0 Å². The largest absolute Gasteiger partial charge is 0.483 e. The Labute approximate surface area is 138 Å². The van der Waals surface area contributed by atoms with Gasteiger partial charge in [-0.2, -0.15) is 13.2 Å². The zero-order valence-electron chi connectivity index (χ0n) is 12.5. The Morgan fingerprint density at radius 3 is 2.60 bits per heavy atom. The molecule has 0 aliphatic carbocycles. The van der Waals surface area contributed by atoms with Gasteiger partial charge in [0.25, 0.3) is 12.3 Å². The second kappa shape index (κ2) is 6.30. The summed E-state index contributed by atoms with van der Waals surface area (Å²) in [7, 11) is 0. The first-order valence-corrected chi connectivity index (χ1v) is 7.15. The molecule has 2 heterocycles. The highest BCUT2D eigenvalue weighted by Gasteiger charge is 2.30. The smallest absolute Gasteiger partial charge is 0.422 e. The van der Waals surface area contributed by atoms with Gasteiger partial charge in [-0.05, 0) is 18.2 Å². The molecule has 0 bridgehead atoms. The Hall–Kier alpha value is -2.71. The summed E-state index contributed by atoms with van der Waals surface area (Å²) in [4.78, 5) is 15.7. The zero-order chi connectivity index (χ0) is 18.2. The normalized spacial score (nSPS) is 13.8. The molecular weight excluding hydrogens is 347 g/mol. The van der Waals surface area contributed by atoms with Crippen molar-refractivity contribution in [2.75, 3.05) is 6.61 Å². The van der Waals surface area contributed by atoms with Gasteiger partial charge in [0.1, 0.15) is 11.4 Å². The molecule has 4 nitrogen and oxygen atoms in total.